The Labute approximate surface area is 165 Å². The lowest BCUT2D eigenvalue weighted by Crippen LogP contribution is -2.22. The summed E-state index contributed by atoms with van der Waals surface area (Å²) in [6.45, 7) is 3.71. The van der Waals surface area contributed by atoms with Crippen molar-refractivity contribution in [3.63, 3.8) is 0 Å². The van der Waals surface area contributed by atoms with Crippen LogP contribution in [0.3, 0.4) is 0 Å². The maximum Gasteiger partial charge on any atom is 0.143 e. The summed E-state index contributed by atoms with van der Waals surface area (Å²) in [5.41, 5.74) is 1.38. The molecule has 1 aromatic rings. The summed E-state index contributed by atoms with van der Waals surface area (Å²) in [6, 6.07) is 8.36. The average molecular weight is 375 g/mol. The van der Waals surface area contributed by atoms with E-state index in [1.54, 1.807) is 7.11 Å². The summed E-state index contributed by atoms with van der Waals surface area (Å²) in [5.74, 6) is 0.832. The van der Waals surface area contributed by atoms with Crippen molar-refractivity contribution < 1.29 is 14.3 Å². The van der Waals surface area contributed by atoms with Crippen molar-refractivity contribution in [1.82, 2.24) is 0 Å². The van der Waals surface area contributed by atoms with Gasteiger partial charge in [-0.3, -0.25) is 9.59 Å². The molecule has 0 saturated heterocycles. The minimum atomic E-state index is -0.335. The normalized spacial score (nSPS) is 11.0. The van der Waals surface area contributed by atoms with Crippen LogP contribution in [0.2, 0.25) is 0 Å². The SMILES string of the molecule is CCC(=O)C(CCCCCCCCCCc1ccc(OC)cc1)C(=O)CC. The third-order valence-electron chi connectivity index (χ3n) is 5.34. The largest absolute Gasteiger partial charge is 0.497 e. The van der Waals surface area contributed by atoms with Crippen molar-refractivity contribution in [1.29, 1.82) is 0 Å². The molecule has 0 saturated carbocycles. The monoisotopic (exact) mass is 374 g/mol. The number of ketones is 2. The van der Waals surface area contributed by atoms with E-state index in [-0.39, 0.29) is 17.5 Å². The van der Waals surface area contributed by atoms with Crippen molar-refractivity contribution in [3.8, 4) is 5.75 Å². The molecule has 0 fully saturated rings. The van der Waals surface area contributed by atoms with Gasteiger partial charge in [-0.2, -0.15) is 0 Å². The van der Waals surface area contributed by atoms with E-state index >= 15 is 0 Å². The van der Waals surface area contributed by atoms with Crippen molar-refractivity contribution in [3.05, 3.63) is 29.8 Å². The highest BCUT2D eigenvalue weighted by Crippen LogP contribution is 2.18. The summed E-state index contributed by atoms with van der Waals surface area (Å²) < 4.78 is 5.18. The summed E-state index contributed by atoms with van der Waals surface area (Å²) in [4.78, 5) is 23.8. The number of Topliss-reactive ketones (excluding diaryl/α,β-unsaturated/α-hetero) is 2. The number of hydrogen-bond donors (Lipinski definition) is 0. The predicted molar refractivity (Wildman–Crippen MR) is 112 cm³/mol. The number of carbonyl (C=O) groups is 2. The number of aryl methyl sites for hydroxylation is 1. The molecule has 0 aliphatic rings. The molecule has 0 aliphatic heterocycles. The first-order valence-corrected chi connectivity index (χ1v) is 10.8. The van der Waals surface area contributed by atoms with E-state index in [0.717, 1.165) is 31.4 Å². The zero-order valence-electron chi connectivity index (χ0n) is 17.6. The molecular weight excluding hydrogens is 336 g/mol. The maximum atomic E-state index is 11.9. The van der Waals surface area contributed by atoms with E-state index in [4.69, 9.17) is 4.74 Å². The van der Waals surface area contributed by atoms with Gasteiger partial charge in [0, 0.05) is 12.8 Å². The molecular formula is C24H38O3. The van der Waals surface area contributed by atoms with Crippen LogP contribution in [0.1, 0.15) is 90.0 Å². The van der Waals surface area contributed by atoms with Crippen LogP contribution in [-0.2, 0) is 16.0 Å². The Bertz CT molecular complexity index is 517. The van der Waals surface area contributed by atoms with E-state index in [1.165, 1.54) is 44.1 Å². The number of methoxy groups -OCH3 is 1. The molecule has 0 spiro atoms. The summed E-state index contributed by atoms with van der Waals surface area (Å²) in [7, 11) is 1.70. The third kappa shape index (κ3) is 9.74. The highest BCUT2D eigenvalue weighted by atomic mass is 16.5. The van der Waals surface area contributed by atoms with Crippen molar-refractivity contribution >= 4 is 11.6 Å². The van der Waals surface area contributed by atoms with Gasteiger partial charge in [-0.05, 0) is 37.0 Å². The van der Waals surface area contributed by atoms with Crippen molar-refractivity contribution in [2.75, 3.05) is 7.11 Å². The second-order valence-corrected chi connectivity index (χ2v) is 7.41. The fourth-order valence-electron chi connectivity index (χ4n) is 3.52. The van der Waals surface area contributed by atoms with Gasteiger partial charge in [0.25, 0.3) is 0 Å². The van der Waals surface area contributed by atoms with Crippen LogP contribution < -0.4 is 4.74 Å². The minimum Gasteiger partial charge on any atom is -0.497 e. The Morgan fingerprint density at radius 3 is 1.74 bits per heavy atom. The van der Waals surface area contributed by atoms with Crippen LogP contribution in [0.25, 0.3) is 0 Å². The number of rotatable bonds is 16. The molecule has 0 amide bonds. The molecule has 0 heterocycles. The van der Waals surface area contributed by atoms with E-state index < -0.39 is 0 Å². The Morgan fingerprint density at radius 2 is 1.26 bits per heavy atom. The second-order valence-electron chi connectivity index (χ2n) is 7.41. The van der Waals surface area contributed by atoms with Crippen molar-refractivity contribution in [2.45, 2.75) is 90.9 Å². The molecule has 1 rings (SSSR count). The third-order valence-corrected chi connectivity index (χ3v) is 5.34. The quantitative estimate of drug-likeness (QED) is 0.251. The van der Waals surface area contributed by atoms with Gasteiger partial charge < -0.3 is 4.74 Å². The molecule has 0 unspecified atom stereocenters. The lowest BCUT2D eigenvalue weighted by Gasteiger charge is -2.12. The van der Waals surface area contributed by atoms with Crippen LogP contribution >= 0.6 is 0 Å². The lowest BCUT2D eigenvalue weighted by molar-refractivity contribution is -0.132. The molecule has 0 bridgehead atoms. The minimum absolute atomic E-state index is 0.124. The van der Waals surface area contributed by atoms with Crippen LogP contribution in [0, 0.1) is 5.92 Å². The van der Waals surface area contributed by atoms with Gasteiger partial charge in [-0.1, -0.05) is 70.9 Å². The van der Waals surface area contributed by atoms with Gasteiger partial charge >= 0.3 is 0 Å². The lowest BCUT2D eigenvalue weighted by atomic mass is 9.90. The Balaban J connectivity index is 2.02. The zero-order chi connectivity index (χ0) is 19.9. The van der Waals surface area contributed by atoms with Crippen molar-refractivity contribution in [2.24, 2.45) is 5.92 Å². The number of unbranched alkanes of at least 4 members (excludes halogenated alkanes) is 7. The standard InChI is InChI=1S/C24H38O3/c1-4-23(25)22(24(26)5-2)15-13-11-9-7-6-8-10-12-14-20-16-18-21(27-3)19-17-20/h16-19,22H,4-15H2,1-3H3. The van der Waals surface area contributed by atoms with Crippen LogP contribution in [-0.4, -0.2) is 18.7 Å². The fraction of sp³-hybridized carbons (Fsp3) is 0.667. The molecule has 3 nitrogen and oxygen atoms in total. The predicted octanol–water partition coefficient (Wildman–Crippen LogP) is 6.32. The maximum absolute atomic E-state index is 11.9. The molecule has 0 radical (unpaired) electrons. The summed E-state index contributed by atoms with van der Waals surface area (Å²) >= 11 is 0. The first-order chi connectivity index (χ1) is 13.1. The summed E-state index contributed by atoms with van der Waals surface area (Å²) in [5, 5.41) is 0. The number of ether oxygens (including phenoxy) is 1. The van der Waals surface area contributed by atoms with Gasteiger partial charge in [0.05, 0.1) is 13.0 Å². The molecule has 0 N–H and O–H groups in total. The molecule has 3 heteroatoms. The first-order valence-electron chi connectivity index (χ1n) is 10.8. The highest BCUT2D eigenvalue weighted by molar-refractivity contribution is 6.02. The number of hydrogen-bond acceptors (Lipinski definition) is 3. The van der Waals surface area contributed by atoms with Gasteiger partial charge in [0.1, 0.15) is 17.3 Å². The van der Waals surface area contributed by atoms with Crippen LogP contribution in [0.4, 0.5) is 0 Å². The second kappa shape index (κ2) is 14.4. The average Bonchev–Trinajstić information content (AvgIpc) is 2.71. The molecule has 1 aromatic carbocycles. The first kappa shape index (κ1) is 23.4. The Morgan fingerprint density at radius 1 is 0.778 bits per heavy atom. The van der Waals surface area contributed by atoms with Gasteiger partial charge in [-0.15, -0.1) is 0 Å². The molecule has 27 heavy (non-hydrogen) atoms. The molecule has 152 valence electrons. The molecule has 0 aromatic heterocycles. The number of carbonyl (C=O) groups excluding carboxylic acids is 2. The molecule has 0 aliphatic carbocycles. The van der Waals surface area contributed by atoms with E-state index in [0.29, 0.717) is 12.8 Å². The topological polar surface area (TPSA) is 43.4 Å². The van der Waals surface area contributed by atoms with E-state index in [1.807, 2.05) is 26.0 Å². The zero-order valence-corrected chi connectivity index (χ0v) is 17.6. The van der Waals surface area contributed by atoms with E-state index in [2.05, 4.69) is 12.1 Å². The highest BCUT2D eigenvalue weighted by Gasteiger charge is 2.22. The van der Waals surface area contributed by atoms with Gasteiger partial charge in [0.2, 0.25) is 0 Å². The Hall–Kier alpha value is -1.64. The summed E-state index contributed by atoms with van der Waals surface area (Å²) in [6.07, 6.45) is 12.6. The number of benzene rings is 1. The van der Waals surface area contributed by atoms with Crippen LogP contribution in [0.5, 0.6) is 5.75 Å². The van der Waals surface area contributed by atoms with E-state index in [9.17, 15) is 9.59 Å². The molecule has 0 atom stereocenters. The van der Waals surface area contributed by atoms with Gasteiger partial charge in [-0.25, -0.2) is 0 Å². The smallest absolute Gasteiger partial charge is 0.143 e. The van der Waals surface area contributed by atoms with Crippen LogP contribution in [0.15, 0.2) is 24.3 Å². The van der Waals surface area contributed by atoms with Gasteiger partial charge in [0.15, 0.2) is 0 Å². The Kier molecular flexibility index (Phi) is 12.5. The fourth-order valence-corrected chi connectivity index (χ4v) is 3.52.